The molecule has 2 heterocycles. The van der Waals surface area contributed by atoms with Crippen LogP contribution in [0, 0.1) is 0 Å². The third-order valence-corrected chi connectivity index (χ3v) is 5.76. The quantitative estimate of drug-likeness (QED) is 0.296. The summed E-state index contributed by atoms with van der Waals surface area (Å²) in [5.41, 5.74) is 1.19. The van der Waals surface area contributed by atoms with E-state index in [1.165, 1.54) is 4.90 Å². The van der Waals surface area contributed by atoms with Gasteiger partial charge in [0.25, 0.3) is 11.7 Å². The summed E-state index contributed by atoms with van der Waals surface area (Å²) in [7, 11) is 1.57. The number of aromatic nitrogens is 2. The van der Waals surface area contributed by atoms with Gasteiger partial charge in [-0.25, -0.2) is 4.98 Å². The molecule has 1 unspecified atom stereocenters. The van der Waals surface area contributed by atoms with E-state index in [1.54, 1.807) is 56.0 Å². The van der Waals surface area contributed by atoms with E-state index in [2.05, 4.69) is 4.98 Å². The second kappa shape index (κ2) is 10.2. The Morgan fingerprint density at radius 1 is 1.09 bits per heavy atom. The van der Waals surface area contributed by atoms with E-state index in [-0.39, 0.29) is 11.3 Å². The topological polar surface area (TPSA) is 93.9 Å². The highest BCUT2D eigenvalue weighted by Gasteiger charge is 2.45. The van der Waals surface area contributed by atoms with Crippen molar-refractivity contribution in [2.24, 2.45) is 0 Å². The maximum atomic E-state index is 13.2. The van der Waals surface area contributed by atoms with Crippen LogP contribution in [0.2, 0.25) is 0 Å². The van der Waals surface area contributed by atoms with Crippen LogP contribution in [0.4, 0.5) is 0 Å². The zero-order chi connectivity index (χ0) is 24.1. The number of ketones is 1. The van der Waals surface area contributed by atoms with Crippen molar-refractivity contribution in [2.75, 3.05) is 20.3 Å². The van der Waals surface area contributed by atoms with E-state index in [0.717, 1.165) is 0 Å². The van der Waals surface area contributed by atoms with Crippen LogP contribution in [0.5, 0.6) is 11.5 Å². The predicted octanol–water partition coefficient (Wildman–Crippen LogP) is 3.80. The number of benzene rings is 2. The predicted molar refractivity (Wildman–Crippen MR) is 126 cm³/mol. The Balaban J connectivity index is 1.73. The Hall–Kier alpha value is -4.07. The van der Waals surface area contributed by atoms with Crippen LogP contribution in [-0.2, 0) is 16.1 Å². The molecule has 1 aromatic heterocycles. The molecule has 0 bridgehead atoms. The number of hydrogen-bond acceptors (Lipinski definition) is 6. The number of aryl methyl sites for hydroxylation is 1. The first-order chi connectivity index (χ1) is 16.5. The standard InChI is InChI=1S/C26H27N3O5/c1-3-34-21-7-4-6-19(16-21)24(30)22-23(18-8-10-20(33-2)11-9-18)29(26(32)25(22)31)14-5-13-28-15-12-27-17-28/h4,6-12,15-17,23,30H,3,5,13-14H2,1-2H3. The van der Waals surface area contributed by atoms with Gasteiger partial charge in [-0.05, 0) is 43.2 Å². The molecular weight excluding hydrogens is 434 g/mol. The van der Waals surface area contributed by atoms with Gasteiger partial charge in [-0.1, -0.05) is 24.3 Å². The summed E-state index contributed by atoms with van der Waals surface area (Å²) in [5, 5.41) is 11.2. The van der Waals surface area contributed by atoms with E-state index in [4.69, 9.17) is 9.47 Å². The molecule has 0 aliphatic carbocycles. The molecule has 0 spiro atoms. The monoisotopic (exact) mass is 461 g/mol. The van der Waals surface area contributed by atoms with Crippen molar-refractivity contribution >= 4 is 17.4 Å². The molecule has 1 fully saturated rings. The Kier molecular flexibility index (Phi) is 6.96. The summed E-state index contributed by atoms with van der Waals surface area (Å²) in [4.78, 5) is 31.8. The second-order valence-electron chi connectivity index (χ2n) is 7.88. The number of rotatable bonds is 9. The average Bonchev–Trinajstić information content (AvgIpc) is 3.46. The molecule has 1 aliphatic rings. The molecule has 1 amide bonds. The lowest BCUT2D eigenvalue weighted by Gasteiger charge is -2.25. The fraction of sp³-hybridized carbons (Fsp3) is 0.269. The number of aliphatic hydroxyl groups excluding tert-OH is 1. The molecule has 0 radical (unpaired) electrons. The Morgan fingerprint density at radius 2 is 1.88 bits per heavy atom. The third-order valence-electron chi connectivity index (χ3n) is 5.76. The van der Waals surface area contributed by atoms with Crippen molar-refractivity contribution in [1.29, 1.82) is 0 Å². The van der Waals surface area contributed by atoms with Crippen molar-refractivity contribution < 1.29 is 24.2 Å². The average molecular weight is 462 g/mol. The van der Waals surface area contributed by atoms with Crippen molar-refractivity contribution in [1.82, 2.24) is 14.5 Å². The number of nitrogens with zero attached hydrogens (tertiary/aromatic N) is 3. The highest BCUT2D eigenvalue weighted by molar-refractivity contribution is 6.46. The van der Waals surface area contributed by atoms with Crippen LogP contribution in [0.15, 0.2) is 72.8 Å². The number of methoxy groups -OCH3 is 1. The summed E-state index contributed by atoms with van der Waals surface area (Å²) in [6.45, 7) is 3.33. The Bertz CT molecular complexity index is 1190. The lowest BCUT2D eigenvalue weighted by atomic mass is 9.95. The summed E-state index contributed by atoms with van der Waals surface area (Å²) in [6.07, 6.45) is 5.87. The van der Waals surface area contributed by atoms with E-state index >= 15 is 0 Å². The molecule has 8 nitrogen and oxygen atoms in total. The lowest BCUT2D eigenvalue weighted by molar-refractivity contribution is -0.139. The minimum Gasteiger partial charge on any atom is -0.507 e. The van der Waals surface area contributed by atoms with Gasteiger partial charge in [0.15, 0.2) is 0 Å². The SMILES string of the molecule is CCOc1cccc(C(O)=C2C(=O)C(=O)N(CCCn3ccnc3)C2c2ccc(OC)cc2)c1. The van der Waals surface area contributed by atoms with Crippen molar-refractivity contribution in [3.8, 4) is 11.5 Å². The molecule has 1 N–H and O–H groups in total. The molecule has 0 saturated carbocycles. The molecule has 4 rings (SSSR count). The van der Waals surface area contributed by atoms with Gasteiger partial charge >= 0.3 is 0 Å². The third kappa shape index (κ3) is 4.66. The number of ether oxygens (including phenoxy) is 2. The molecule has 2 aromatic carbocycles. The summed E-state index contributed by atoms with van der Waals surface area (Å²) < 4.78 is 12.7. The number of Topliss-reactive ketones (excluding diaryl/α,β-unsaturated/α-hetero) is 1. The summed E-state index contributed by atoms with van der Waals surface area (Å²) in [5.74, 6) is -0.332. The molecule has 3 aromatic rings. The maximum absolute atomic E-state index is 13.2. The maximum Gasteiger partial charge on any atom is 0.295 e. The van der Waals surface area contributed by atoms with Gasteiger partial charge in [-0.2, -0.15) is 0 Å². The number of imidazole rings is 1. The molecule has 176 valence electrons. The van der Waals surface area contributed by atoms with Crippen LogP contribution in [0.3, 0.4) is 0 Å². The van der Waals surface area contributed by atoms with Crippen molar-refractivity contribution in [3.05, 3.63) is 84.0 Å². The number of likely N-dealkylation sites (tertiary alicyclic amines) is 1. The number of hydrogen-bond donors (Lipinski definition) is 1. The van der Waals surface area contributed by atoms with Gasteiger partial charge in [0, 0.05) is 31.0 Å². The molecule has 1 saturated heterocycles. The fourth-order valence-electron chi connectivity index (χ4n) is 4.14. The first-order valence-electron chi connectivity index (χ1n) is 11.1. The minimum absolute atomic E-state index is 0.0615. The van der Waals surface area contributed by atoms with Crippen LogP contribution in [0.1, 0.15) is 30.5 Å². The second-order valence-corrected chi connectivity index (χ2v) is 7.88. The van der Waals surface area contributed by atoms with Gasteiger partial charge in [-0.3, -0.25) is 9.59 Å². The van der Waals surface area contributed by atoms with Crippen LogP contribution >= 0.6 is 0 Å². The number of carbonyl (C=O) groups excluding carboxylic acids is 2. The molecular formula is C26H27N3O5. The highest BCUT2D eigenvalue weighted by Crippen LogP contribution is 2.40. The van der Waals surface area contributed by atoms with Crippen molar-refractivity contribution in [2.45, 2.75) is 25.9 Å². The van der Waals surface area contributed by atoms with Gasteiger partial charge < -0.3 is 24.0 Å². The van der Waals surface area contributed by atoms with Gasteiger partial charge in [0.1, 0.15) is 17.3 Å². The van der Waals surface area contributed by atoms with Gasteiger partial charge in [0.2, 0.25) is 0 Å². The number of amides is 1. The highest BCUT2D eigenvalue weighted by atomic mass is 16.5. The first-order valence-corrected chi connectivity index (χ1v) is 11.1. The zero-order valence-corrected chi connectivity index (χ0v) is 19.2. The zero-order valence-electron chi connectivity index (χ0n) is 19.2. The molecule has 34 heavy (non-hydrogen) atoms. The van der Waals surface area contributed by atoms with E-state index < -0.39 is 17.7 Å². The van der Waals surface area contributed by atoms with Crippen LogP contribution in [0.25, 0.3) is 5.76 Å². The van der Waals surface area contributed by atoms with E-state index in [9.17, 15) is 14.7 Å². The summed E-state index contributed by atoms with van der Waals surface area (Å²) in [6, 6.07) is 13.3. The van der Waals surface area contributed by atoms with Crippen molar-refractivity contribution in [3.63, 3.8) is 0 Å². The summed E-state index contributed by atoms with van der Waals surface area (Å²) >= 11 is 0. The number of carbonyl (C=O) groups is 2. The van der Waals surface area contributed by atoms with Crippen LogP contribution < -0.4 is 9.47 Å². The Morgan fingerprint density at radius 3 is 2.56 bits per heavy atom. The largest absolute Gasteiger partial charge is 0.507 e. The first kappa shape index (κ1) is 23.1. The molecule has 1 aliphatic heterocycles. The minimum atomic E-state index is -0.718. The van der Waals surface area contributed by atoms with Gasteiger partial charge in [0.05, 0.1) is 31.7 Å². The van der Waals surface area contributed by atoms with E-state index in [0.29, 0.717) is 48.7 Å². The van der Waals surface area contributed by atoms with Gasteiger partial charge in [-0.15, -0.1) is 0 Å². The fourth-order valence-corrected chi connectivity index (χ4v) is 4.14. The van der Waals surface area contributed by atoms with E-state index in [1.807, 2.05) is 29.8 Å². The number of aliphatic hydroxyl groups is 1. The smallest absolute Gasteiger partial charge is 0.295 e. The van der Waals surface area contributed by atoms with Crippen LogP contribution in [-0.4, -0.2) is 51.5 Å². The lowest BCUT2D eigenvalue weighted by Crippen LogP contribution is -2.31. The molecule has 8 heteroatoms. The molecule has 1 atom stereocenters. The normalized spacial score (nSPS) is 17.2. The Labute approximate surface area is 198 Å².